The molecule has 0 fully saturated rings. The number of methoxy groups -OCH3 is 1. The molecule has 1 rings (SSSR count). The first-order valence-electron chi connectivity index (χ1n) is 5.97. The molecular formula is C11H19N3O6. The van der Waals surface area contributed by atoms with Gasteiger partial charge in [0.1, 0.15) is 6.10 Å². The first-order chi connectivity index (χ1) is 9.31. The van der Waals surface area contributed by atoms with E-state index in [4.69, 9.17) is 15.3 Å². The summed E-state index contributed by atoms with van der Waals surface area (Å²) in [5.74, 6) is -0.786. The summed E-state index contributed by atoms with van der Waals surface area (Å²) in [5.41, 5.74) is 3.50. The van der Waals surface area contributed by atoms with Gasteiger partial charge in [0.2, 0.25) is 11.8 Å². The van der Waals surface area contributed by atoms with E-state index >= 15 is 0 Å². The predicted octanol–water partition coefficient (Wildman–Crippen LogP) is -1.54. The molecule has 0 radical (unpaired) electrons. The van der Waals surface area contributed by atoms with Crippen molar-refractivity contribution in [3.63, 3.8) is 0 Å². The van der Waals surface area contributed by atoms with E-state index in [1.165, 1.54) is 7.11 Å². The van der Waals surface area contributed by atoms with Gasteiger partial charge >= 0.3 is 5.97 Å². The number of nitrogens with zero attached hydrogens (tertiary/aromatic N) is 2. The second-order valence-electron chi connectivity index (χ2n) is 4.54. The minimum atomic E-state index is -2.08. The van der Waals surface area contributed by atoms with E-state index in [1.807, 2.05) is 0 Å². The molecule has 3 atom stereocenters. The summed E-state index contributed by atoms with van der Waals surface area (Å²) >= 11 is 0. The summed E-state index contributed by atoms with van der Waals surface area (Å²) in [4.78, 5) is 11.1. The number of aromatic nitrogens is 2. The largest absolute Gasteiger partial charge is 0.480 e. The highest BCUT2D eigenvalue weighted by molar-refractivity contribution is 5.79. The average molecular weight is 289 g/mol. The van der Waals surface area contributed by atoms with E-state index in [-0.39, 0.29) is 12.8 Å². The van der Waals surface area contributed by atoms with E-state index in [0.29, 0.717) is 11.8 Å². The van der Waals surface area contributed by atoms with Crippen LogP contribution in [0.25, 0.3) is 0 Å². The van der Waals surface area contributed by atoms with E-state index in [0.717, 1.165) is 0 Å². The number of carbonyl (C=O) groups is 1. The molecule has 0 saturated heterocycles. The van der Waals surface area contributed by atoms with E-state index in [2.05, 4.69) is 14.9 Å². The normalized spacial score (nSPS) is 17.4. The summed E-state index contributed by atoms with van der Waals surface area (Å²) in [6, 6.07) is 0. The van der Waals surface area contributed by atoms with Crippen molar-refractivity contribution in [2.45, 2.75) is 37.5 Å². The third-order valence-electron chi connectivity index (χ3n) is 2.90. The lowest BCUT2D eigenvalue weighted by atomic mass is 9.89. The molecule has 0 saturated carbocycles. The smallest absolute Gasteiger partial charge is 0.328 e. The molecule has 9 heteroatoms. The monoisotopic (exact) mass is 289 g/mol. The molecule has 0 aromatic carbocycles. The Kier molecular flexibility index (Phi) is 5.57. The molecule has 9 nitrogen and oxygen atoms in total. The molecule has 20 heavy (non-hydrogen) atoms. The Labute approximate surface area is 115 Å². The van der Waals surface area contributed by atoms with Crippen LogP contribution in [-0.2, 0) is 16.0 Å². The molecule has 1 heterocycles. The van der Waals surface area contributed by atoms with Crippen LogP contribution in [0.2, 0.25) is 0 Å². The Morgan fingerprint density at radius 3 is 2.60 bits per heavy atom. The van der Waals surface area contributed by atoms with Crippen molar-refractivity contribution in [1.29, 1.82) is 0 Å². The van der Waals surface area contributed by atoms with Gasteiger partial charge in [-0.2, -0.15) is 0 Å². The maximum Gasteiger partial charge on any atom is 0.328 e. The Morgan fingerprint density at radius 2 is 2.15 bits per heavy atom. The number of aliphatic hydroxyl groups is 2. The van der Waals surface area contributed by atoms with Gasteiger partial charge in [-0.3, -0.25) is 4.79 Å². The van der Waals surface area contributed by atoms with Crippen LogP contribution in [0.1, 0.15) is 18.2 Å². The molecule has 0 amide bonds. The third-order valence-corrected chi connectivity index (χ3v) is 2.90. The third kappa shape index (κ3) is 3.73. The van der Waals surface area contributed by atoms with E-state index in [9.17, 15) is 15.0 Å². The molecule has 3 unspecified atom stereocenters. The molecule has 1 aromatic heterocycles. The highest BCUT2D eigenvalue weighted by Gasteiger charge is 2.45. The number of rotatable bonds is 8. The summed E-state index contributed by atoms with van der Waals surface area (Å²) in [6.45, 7) is 1.19. The van der Waals surface area contributed by atoms with Crippen molar-refractivity contribution in [3.8, 4) is 0 Å². The Bertz CT molecular complexity index is 451. The molecule has 0 spiro atoms. The fourth-order valence-electron chi connectivity index (χ4n) is 1.72. The van der Waals surface area contributed by atoms with Crippen molar-refractivity contribution >= 4 is 5.97 Å². The number of aliphatic hydroxyl groups excluding tert-OH is 2. The zero-order valence-electron chi connectivity index (χ0n) is 11.3. The molecule has 0 aliphatic heterocycles. The van der Waals surface area contributed by atoms with Gasteiger partial charge in [0.15, 0.2) is 5.54 Å². The van der Waals surface area contributed by atoms with Crippen LogP contribution < -0.4 is 5.73 Å². The van der Waals surface area contributed by atoms with Gasteiger partial charge in [-0.25, -0.2) is 0 Å². The number of carboxylic acid groups (broad SMARTS) is 1. The first-order valence-corrected chi connectivity index (χ1v) is 5.97. The van der Waals surface area contributed by atoms with Crippen LogP contribution in [0, 0.1) is 6.92 Å². The molecule has 5 N–H and O–H groups in total. The van der Waals surface area contributed by atoms with E-state index < -0.39 is 30.3 Å². The fraction of sp³-hybridized carbons (Fsp3) is 0.727. The minimum absolute atomic E-state index is 0.0265. The highest BCUT2D eigenvalue weighted by Crippen LogP contribution is 2.16. The summed E-state index contributed by atoms with van der Waals surface area (Å²) in [5, 5.41) is 36.2. The van der Waals surface area contributed by atoms with Crippen LogP contribution in [0.4, 0.5) is 0 Å². The fourth-order valence-corrected chi connectivity index (χ4v) is 1.72. The van der Waals surface area contributed by atoms with Crippen LogP contribution in [0.15, 0.2) is 4.42 Å². The zero-order valence-corrected chi connectivity index (χ0v) is 11.3. The molecule has 1 aromatic rings. The van der Waals surface area contributed by atoms with Crippen molar-refractivity contribution in [2.75, 3.05) is 13.7 Å². The summed E-state index contributed by atoms with van der Waals surface area (Å²) < 4.78 is 9.79. The SMILES string of the molecule is COCC(N)(C(=O)O)C(O)C(O)CCc1nnc(C)o1. The topological polar surface area (TPSA) is 152 Å². The molecule has 0 aliphatic rings. The van der Waals surface area contributed by atoms with Gasteiger partial charge in [0.25, 0.3) is 0 Å². The number of carboxylic acids is 1. The quantitative estimate of drug-likeness (QED) is 0.446. The van der Waals surface area contributed by atoms with Crippen LogP contribution in [0.3, 0.4) is 0 Å². The lowest BCUT2D eigenvalue weighted by Gasteiger charge is -2.32. The number of aryl methyl sites for hydroxylation is 2. The van der Waals surface area contributed by atoms with Crippen LogP contribution >= 0.6 is 0 Å². The number of nitrogens with two attached hydrogens (primary N) is 1. The van der Waals surface area contributed by atoms with Crippen LogP contribution in [0.5, 0.6) is 0 Å². The van der Waals surface area contributed by atoms with Gasteiger partial charge in [-0.15, -0.1) is 10.2 Å². The second kappa shape index (κ2) is 6.75. The van der Waals surface area contributed by atoms with Crippen molar-refractivity contribution in [1.82, 2.24) is 10.2 Å². The predicted molar refractivity (Wildman–Crippen MR) is 65.8 cm³/mol. The lowest BCUT2D eigenvalue weighted by Crippen LogP contribution is -2.64. The molecule has 0 aliphatic carbocycles. The maximum atomic E-state index is 11.1. The number of hydrogen-bond acceptors (Lipinski definition) is 8. The molecule has 0 bridgehead atoms. The number of hydrogen-bond donors (Lipinski definition) is 4. The van der Waals surface area contributed by atoms with Gasteiger partial charge in [-0.05, 0) is 6.42 Å². The Hall–Kier alpha value is -1.55. The number of aliphatic carboxylic acids is 1. The second-order valence-corrected chi connectivity index (χ2v) is 4.54. The van der Waals surface area contributed by atoms with Gasteiger partial charge in [-0.1, -0.05) is 0 Å². The first kappa shape index (κ1) is 16.5. The van der Waals surface area contributed by atoms with Crippen molar-refractivity contribution < 1.29 is 29.3 Å². The van der Waals surface area contributed by atoms with Gasteiger partial charge < -0.3 is 30.2 Å². The zero-order chi connectivity index (χ0) is 15.3. The molecule has 114 valence electrons. The summed E-state index contributed by atoms with van der Waals surface area (Å²) in [7, 11) is 1.25. The highest BCUT2D eigenvalue weighted by atomic mass is 16.5. The number of ether oxygens (including phenoxy) is 1. The van der Waals surface area contributed by atoms with Crippen molar-refractivity contribution in [3.05, 3.63) is 11.8 Å². The summed E-state index contributed by atoms with van der Waals surface area (Å²) in [6.07, 6.45) is -2.83. The van der Waals surface area contributed by atoms with Gasteiger partial charge in [0, 0.05) is 20.5 Å². The Balaban J connectivity index is 2.64. The van der Waals surface area contributed by atoms with E-state index in [1.54, 1.807) is 6.92 Å². The standard InChI is InChI=1S/C11H19N3O6/c1-6-13-14-8(20-6)4-3-7(15)9(16)11(12,5-19-2)10(17)18/h7,9,15-16H,3-5,12H2,1-2H3,(H,17,18). The maximum absolute atomic E-state index is 11.1. The van der Waals surface area contributed by atoms with Crippen LogP contribution in [-0.4, -0.2) is 62.9 Å². The average Bonchev–Trinajstić information content (AvgIpc) is 2.80. The minimum Gasteiger partial charge on any atom is -0.480 e. The lowest BCUT2D eigenvalue weighted by molar-refractivity contribution is -0.156. The van der Waals surface area contributed by atoms with Crippen molar-refractivity contribution in [2.24, 2.45) is 5.73 Å². The Morgan fingerprint density at radius 1 is 1.50 bits per heavy atom. The van der Waals surface area contributed by atoms with Gasteiger partial charge in [0.05, 0.1) is 12.7 Å². The molecular weight excluding hydrogens is 270 g/mol.